The van der Waals surface area contributed by atoms with E-state index in [9.17, 15) is 14.4 Å². The predicted molar refractivity (Wildman–Crippen MR) is 77.0 cm³/mol. The number of hydrogen-bond donors (Lipinski definition) is 3. The molecule has 0 aliphatic heterocycles. The minimum absolute atomic E-state index is 0.0206. The highest BCUT2D eigenvalue weighted by molar-refractivity contribution is 14.1. The summed E-state index contributed by atoms with van der Waals surface area (Å²) in [6.07, 6.45) is 0. The lowest BCUT2D eigenvalue weighted by atomic mass is 10.2. The summed E-state index contributed by atoms with van der Waals surface area (Å²) < 4.78 is 0.735. The smallest absolute Gasteiger partial charge is 0.337 e. The van der Waals surface area contributed by atoms with Gasteiger partial charge in [-0.2, -0.15) is 0 Å². The molecule has 0 aliphatic rings. The minimum atomic E-state index is -1.15. The maximum atomic E-state index is 11.7. The van der Waals surface area contributed by atoms with Crippen LogP contribution in [0.3, 0.4) is 0 Å². The van der Waals surface area contributed by atoms with Crippen LogP contribution in [0.15, 0.2) is 18.2 Å². The molecule has 1 aromatic carbocycles. The second kappa shape index (κ2) is 6.36. The monoisotopic (exact) mass is 377 g/mol. The van der Waals surface area contributed by atoms with Gasteiger partial charge in [-0.1, -0.05) is 0 Å². The standard InChI is InChI=1S/C11H12IN3O4/c1-15(5-9(13)16)11(19)14-8-3-2-6(12)4-7(8)10(17)18/h2-4H,5H2,1H3,(H2,13,16)(H,14,19)(H,17,18). The SMILES string of the molecule is CN(CC(N)=O)C(=O)Nc1ccc(I)cc1C(=O)O. The Kier molecular flexibility index (Phi) is 5.10. The zero-order valence-corrected chi connectivity index (χ0v) is 12.2. The number of benzene rings is 1. The van der Waals surface area contributed by atoms with E-state index in [-0.39, 0.29) is 17.8 Å². The summed E-state index contributed by atoms with van der Waals surface area (Å²) in [5.74, 6) is -1.80. The maximum Gasteiger partial charge on any atom is 0.337 e. The highest BCUT2D eigenvalue weighted by Gasteiger charge is 2.16. The molecule has 19 heavy (non-hydrogen) atoms. The fraction of sp³-hybridized carbons (Fsp3) is 0.182. The first-order chi connectivity index (χ1) is 8.81. The first-order valence-electron chi connectivity index (χ1n) is 5.14. The Labute approximate surface area is 122 Å². The number of carboxylic acids is 1. The molecule has 4 N–H and O–H groups in total. The fourth-order valence-electron chi connectivity index (χ4n) is 1.32. The van der Waals surface area contributed by atoms with Crippen molar-refractivity contribution in [2.24, 2.45) is 5.73 Å². The maximum absolute atomic E-state index is 11.7. The Hall–Kier alpha value is -1.84. The molecule has 0 atom stereocenters. The highest BCUT2D eigenvalue weighted by atomic mass is 127. The zero-order valence-electron chi connectivity index (χ0n) is 10.0. The van der Waals surface area contributed by atoms with Crippen LogP contribution in [0.4, 0.5) is 10.5 Å². The van der Waals surface area contributed by atoms with Gasteiger partial charge in [-0.25, -0.2) is 9.59 Å². The Bertz CT molecular complexity index is 533. The van der Waals surface area contributed by atoms with Gasteiger partial charge in [-0.05, 0) is 40.8 Å². The van der Waals surface area contributed by atoms with Gasteiger partial charge >= 0.3 is 12.0 Å². The molecule has 0 radical (unpaired) electrons. The number of nitrogens with one attached hydrogen (secondary N) is 1. The summed E-state index contributed by atoms with van der Waals surface area (Å²) in [5, 5.41) is 11.5. The van der Waals surface area contributed by atoms with E-state index in [1.54, 1.807) is 6.07 Å². The Morgan fingerprint density at radius 2 is 2.05 bits per heavy atom. The Balaban J connectivity index is 2.90. The van der Waals surface area contributed by atoms with Crippen molar-refractivity contribution in [2.75, 3.05) is 18.9 Å². The van der Waals surface area contributed by atoms with Crippen molar-refractivity contribution in [3.05, 3.63) is 27.3 Å². The van der Waals surface area contributed by atoms with Gasteiger partial charge in [0.1, 0.15) is 6.54 Å². The number of anilines is 1. The topological polar surface area (TPSA) is 113 Å². The number of nitrogens with zero attached hydrogens (tertiary/aromatic N) is 1. The molecule has 0 heterocycles. The molecule has 1 aromatic rings. The molecular weight excluding hydrogens is 365 g/mol. The quantitative estimate of drug-likeness (QED) is 0.678. The van der Waals surface area contributed by atoms with Crippen molar-refractivity contribution in [1.82, 2.24) is 4.90 Å². The summed E-state index contributed by atoms with van der Waals surface area (Å²) in [6.45, 7) is -0.251. The highest BCUT2D eigenvalue weighted by Crippen LogP contribution is 2.19. The second-order valence-electron chi connectivity index (χ2n) is 3.75. The van der Waals surface area contributed by atoms with E-state index in [2.05, 4.69) is 5.32 Å². The number of aromatic carboxylic acids is 1. The molecule has 0 aromatic heterocycles. The summed E-state index contributed by atoms with van der Waals surface area (Å²) >= 11 is 1.97. The Morgan fingerprint density at radius 1 is 1.42 bits per heavy atom. The summed E-state index contributed by atoms with van der Waals surface area (Å²) in [5.41, 5.74) is 5.11. The zero-order chi connectivity index (χ0) is 14.6. The minimum Gasteiger partial charge on any atom is -0.478 e. The van der Waals surface area contributed by atoms with E-state index in [0.29, 0.717) is 0 Å². The van der Waals surface area contributed by atoms with Gasteiger partial charge in [0.05, 0.1) is 11.3 Å². The van der Waals surface area contributed by atoms with Crippen molar-refractivity contribution in [3.63, 3.8) is 0 Å². The number of urea groups is 1. The third-order valence-corrected chi connectivity index (χ3v) is 2.86. The van der Waals surface area contributed by atoms with Crippen molar-refractivity contribution in [2.45, 2.75) is 0 Å². The molecule has 0 aliphatic carbocycles. The first kappa shape index (κ1) is 15.2. The van der Waals surface area contributed by atoms with E-state index in [1.807, 2.05) is 22.6 Å². The van der Waals surface area contributed by atoms with Crippen molar-refractivity contribution in [1.29, 1.82) is 0 Å². The van der Waals surface area contributed by atoms with Crippen molar-refractivity contribution >= 4 is 46.2 Å². The number of nitrogens with two attached hydrogens (primary N) is 1. The number of primary amides is 1. The molecule has 1 rings (SSSR count). The molecule has 0 saturated carbocycles. The van der Waals surface area contributed by atoms with Crippen LogP contribution < -0.4 is 11.1 Å². The average molecular weight is 377 g/mol. The molecule has 0 fully saturated rings. The molecular formula is C11H12IN3O4. The Morgan fingerprint density at radius 3 is 2.58 bits per heavy atom. The molecule has 8 heteroatoms. The van der Waals surface area contributed by atoms with Crippen LogP contribution in [0.1, 0.15) is 10.4 Å². The lowest BCUT2D eigenvalue weighted by molar-refractivity contribution is -0.118. The molecule has 0 saturated heterocycles. The molecule has 0 bridgehead atoms. The third-order valence-electron chi connectivity index (χ3n) is 2.19. The van der Waals surface area contributed by atoms with E-state index in [4.69, 9.17) is 10.8 Å². The fourth-order valence-corrected chi connectivity index (χ4v) is 1.81. The number of rotatable bonds is 4. The lowest BCUT2D eigenvalue weighted by Gasteiger charge is -2.17. The third kappa shape index (κ3) is 4.39. The van der Waals surface area contributed by atoms with Gasteiger partial charge in [-0.3, -0.25) is 4.79 Å². The number of carboxylic acid groups (broad SMARTS) is 1. The van der Waals surface area contributed by atoms with E-state index < -0.39 is 17.9 Å². The van der Waals surface area contributed by atoms with Crippen LogP contribution in [-0.2, 0) is 4.79 Å². The molecule has 7 nitrogen and oxygen atoms in total. The number of halogens is 1. The number of amides is 3. The van der Waals surface area contributed by atoms with Crippen LogP contribution in [0, 0.1) is 3.57 Å². The van der Waals surface area contributed by atoms with Gasteiger partial charge < -0.3 is 21.1 Å². The number of carbonyl (C=O) groups is 3. The molecule has 0 spiro atoms. The van der Waals surface area contributed by atoms with Gasteiger partial charge in [0.25, 0.3) is 0 Å². The van der Waals surface area contributed by atoms with Crippen LogP contribution >= 0.6 is 22.6 Å². The van der Waals surface area contributed by atoms with E-state index in [0.717, 1.165) is 8.47 Å². The van der Waals surface area contributed by atoms with E-state index in [1.165, 1.54) is 19.2 Å². The van der Waals surface area contributed by atoms with Crippen LogP contribution in [-0.4, -0.2) is 41.5 Å². The predicted octanol–water partition coefficient (Wildman–Crippen LogP) is 0.938. The van der Waals surface area contributed by atoms with Gasteiger partial charge in [0, 0.05) is 10.6 Å². The van der Waals surface area contributed by atoms with Gasteiger partial charge in [0.15, 0.2) is 0 Å². The van der Waals surface area contributed by atoms with E-state index >= 15 is 0 Å². The summed E-state index contributed by atoms with van der Waals surface area (Å²) in [4.78, 5) is 34.5. The molecule has 102 valence electrons. The van der Waals surface area contributed by atoms with Crippen LogP contribution in [0.25, 0.3) is 0 Å². The lowest BCUT2D eigenvalue weighted by Crippen LogP contribution is -2.38. The number of hydrogen-bond acceptors (Lipinski definition) is 3. The number of likely N-dealkylation sites (N-methyl/N-ethyl adjacent to an activating group) is 1. The summed E-state index contributed by atoms with van der Waals surface area (Å²) in [6, 6.07) is 3.98. The van der Waals surface area contributed by atoms with Gasteiger partial charge in [0.2, 0.25) is 5.91 Å². The second-order valence-corrected chi connectivity index (χ2v) is 4.99. The van der Waals surface area contributed by atoms with Crippen molar-refractivity contribution < 1.29 is 19.5 Å². The molecule has 3 amide bonds. The summed E-state index contributed by atoms with van der Waals surface area (Å²) in [7, 11) is 1.38. The first-order valence-corrected chi connectivity index (χ1v) is 6.22. The van der Waals surface area contributed by atoms with Crippen LogP contribution in [0.2, 0.25) is 0 Å². The number of carbonyl (C=O) groups excluding carboxylic acids is 2. The largest absolute Gasteiger partial charge is 0.478 e. The average Bonchev–Trinajstić information content (AvgIpc) is 2.30. The molecule has 0 unspecified atom stereocenters. The normalized spacial score (nSPS) is 9.79. The van der Waals surface area contributed by atoms with Crippen molar-refractivity contribution in [3.8, 4) is 0 Å². The van der Waals surface area contributed by atoms with Crippen LogP contribution in [0.5, 0.6) is 0 Å². The van der Waals surface area contributed by atoms with Gasteiger partial charge in [-0.15, -0.1) is 0 Å².